The summed E-state index contributed by atoms with van der Waals surface area (Å²) in [4.78, 5) is 30.1. The third-order valence-corrected chi connectivity index (χ3v) is 6.92. The second kappa shape index (κ2) is 7.02. The largest absolute Gasteiger partial charge is 0.342 e. The monoisotopic (exact) mass is 358 g/mol. The van der Waals surface area contributed by atoms with Crippen LogP contribution < -0.4 is 0 Å². The number of thioether (sulfide) groups is 1. The molecule has 0 N–H and O–H groups in total. The zero-order valence-corrected chi connectivity index (χ0v) is 15.6. The molecule has 134 valence electrons. The van der Waals surface area contributed by atoms with Crippen molar-refractivity contribution in [3.63, 3.8) is 0 Å². The molecule has 0 bridgehead atoms. The van der Waals surface area contributed by atoms with Crippen molar-refractivity contribution in [1.82, 2.24) is 9.80 Å². The van der Waals surface area contributed by atoms with Crippen molar-refractivity contribution in [2.24, 2.45) is 5.92 Å². The molecule has 2 saturated heterocycles. The lowest BCUT2D eigenvalue weighted by molar-refractivity contribution is -0.136. The highest BCUT2D eigenvalue weighted by atomic mass is 32.2. The molecule has 1 aromatic rings. The molecule has 2 amide bonds. The van der Waals surface area contributed by atoms with Crippen LogP contribution in [0, 0.1) is 12.8 Å². The Morgan fingerprint density at radius 1 is 1.08 bits per heavy atom. The Morgan fingerprint density at radius 3 is 2.40 bits per heavy atom. The minimum absolute atomic E-state index is 0.102. The topological polar surface area (TPSA) is 40.6 Å². The van der Waals surface area contributed by atoms with E-state index in [-0.39, 0.29) is 17.7 Å². The van der Waals surface area contributed by atoms with Crippen LogP contribution in [0.4, 0.5) is 0 Å². The van der Waals surface area contributed by atoms with Gasteiger partial charge >= 0.3 is 0 Å². The summed E-state index contributed by atoms with van der Waals surface area (Å²) in [6, 6.07) is 9.12. The van der Waals surface area contributed by atoms with Crippen molar-refractivity contribution in [2.45, 2.75) is 55.2 Å². The Morgan fingerprint density at radius 2 is 1.76 bits per heavy atom. The summed E-state index contributed by atoms with van der Waals surface area (Å²) in [5, 5.41) is 0.583. The number of hydrogen-bond acceptors (Lipinski definition) is 3. The lowest BCUT2D eigenvalue weighted by atomic mass is 10.0. The zero-order valence-electron chi connectivity index (χ0n) is 14.8. The van der Waals surface area contributed by atoms with Gasteiger partial charge in [-0.1, -0.05) is 17.7 Å². The lowest BCUT2D eigenvalue weighted by Gasteiger charge is -2.33. The highest BCUT2D eigenvalue weighted by molar-refractivity contribution is 8.00. The SMILES string of the molecule is Cc1ccc(SC2CCN(C(=O)C3CC(=O)N(C4CC4)C3)CC2)cc1. The number of nitrogens with zero attached hydrogens (tertiary/aromatic N) is 2. The number of aryl methyl sites for hydroxylation is 1. The molecule has 0 radical (unpaired) electrons. The second-order valence-electron chi connectivity index (χ2n) is 7.63. The first-order chi connectivity index (χ1) is 12.1. The molecule has 3 fully saturated rings. The molecule has 1 atom stereocenters. The van der Waals surface area contributed by atoms with Crippen LogP contribution in [0.1, 0.15) is 37.7 Å². The standard InChI is InChI=1S/C20H26N2O2S/c1-14-2-6-17(7-3-14)25-18-8-10-21(11-9-18)20(24)15-12-19(23)22(13-15)16-4-5-16/h2-3,6-7,15-16,18H,4-5,8-13H2,1H3. The van der Waals surface area contributed by atoms with Gasteiger partial charge in [0.05, 0.1) is 5.92 Å². The highest BCUT2D eigenvalue weighted by Crippen LogP contribution is 2.34. The van der Waals surface area contributed by atoms with Gasteiger partial charge in [-0.25, -0.2) is 0 Å². The molecule has 5 heteroatoms. The van der Waals surface area contributed by atoms with Gasteiger partial charge in [-0.05, 0) is 44.7 Å². The number of carbonyl (C=O) groups is 2. The van der Waals surface area contributed by atoms with E-state index >= 15 is 0 Å². The molecule has 2 aliphatic heterocycles. The Bertz CT molecular complexity index is 648. The fourth-order valence-electron chi connectivity index (χ4n) is 3.90. The number of piperidine rings is 1. The van der Waals surface area contributed by atoms with Crippen molar-refractivity contribution in [1.29, 1.82) is 0 Å². The Hall–Kier alpha value is -1.49. The zero-order chi connectivity index (χ0) is 17.4. The normalized spacial score (nSPS) is 24.8. The molecular formula is C20H26N2O2S. The predicted molar refractivity (Wildman–Crippen MR) is 99.5 cm³/mol. The van der Waals surface area contributed by atoms with Crippen LogP contribution in [-0.4, -0.2) is 52.5 Å². The first-order valence-corrected chi connectivity index (χ1v) is 10.3. The van der Waals surface area contributed by atoms with Crippen molar-refractivity contribution >= 4 is 23.6 Å². The molecule has 3 aliphatic rings. The van der Waals surface area contributed by atoms with Gasteiger partial charge in [-0.3, -0.25) is 9.59 Å². The first-order valence-electron chi connectivity index (χ1n) is 9.42. The van der Waals surface area contributed by atoms with Crippen LogP contribution in [0.15, 0.2) is 29.2 Å². The molecule has 25 heavy (non-hydrogen) atoms. The highest BCUT2D eigenvalue weighted by Gasteiger charge is 2.43. The van der Waals surface area contributed by atoms with Gasteiger partial charge in [0, 0.05) is 42.2 Å². The van der Waals surface area contributed by atoms with Crippen LogP contribution in [-0.2, 0) is 9.59 Å². The summed E-state index contributed by atoms with van der Waals surface area (Å²) in [5.41, 5.74) is 1.29. The number of hydrogen-bond donors (Lipinski definition) is 0. The van der Waals surface area contributed by atoms with Gasteiger partial charge in [0.1, 0.15) is 0 Å². The first kappa shape index (κ1) is 17.0. The average Bonchev–Trinajstić information content (AvgIpc) is 3.39. The molecule has 1 unspecified atom stereocenters. The number of likely N-dealkylation sites (tertiary alicyclic amines) is 2. The summed E-state index contributed by atoms with van der Waals surface area (Å²) in [6.07, 6.45) is 4.74. The molecule has 0 spiro atoms. The number of carbonyl (C=O) groups excluding carboxylic acids is 2. The average molecular weight is 359 g/mol. The van der Waals surface area contributed by atoms with Gasteiger partial charge in [0.2, 0.25) is 11.8 Å². The minimum atomic E-state index is -0.102. The maximum absolute atomic E-state index is 12.8. The van der Waals surface area contributed by atoms with Gasteiger partial charge in [0.15, 0.2) is 0 Å². The van der Waals surface area contributed by atoms with Crippen LogP contribution in [0.25, 0.3) is 0 Å². The fourth-order valence-corrected chi connectivity index (χ4v) is 5.02. The van der Waals surface area contributed by atoms with E-state index in [1.165, 1.54) is 10.5 Å². The van der Waals surface area contributed by atoms with E-state index in [9.17, 15) is 9.59 Å². The van der Waals surface area contributed by atoms with Crippen LogP contribution in [0.5, 0.6) is 0 Å². The summed E-state index contributed by atoms with van der Waals surface area (Å²) in [5.74, 6) is 0.287. The van der Waals surface area contributed by atoms with Crippen molar-refractivity contribution in [3.8, 4) is 0 Å². The molecule has 1 saturated carbocycles. The van der Waals surface area contributed by atoms with E-state index < -0.39 is 0 Å². The summed E-state index contributed by atoms with van der Waals surface area (Å²) < 4.78 is 0. The Balaban J connectivity index is 1.27. The smallest absolute Gasteiger partial charge is 0.227 e. The molecule has 0 aromatic heterocycles. The van der Waals surface area contributed by atoms with Crippen LogP contribution in [0.2, 0.25) is 0 Å². The van der Waals surface area contributed by atoms with Crippen LogP contribution >= 0.6 is 11.8 Å². The Kier molecular flexibility index (Phi) is 4.76. The number of rotatable bonds is 4. The molecule has 4 rings (SSSR count). The lowest BCUT2D eigenvalue weighted by Crippen LogP contribution is -2.43. The summed E-state index contributed by atoms with van der Waals surface area (Å²) in [6.45, 7) is 4.42. The van der Waals surface area contributed by atoms with E-state index in [4.69, 9.17) is 0 Å². The van der Waals surface area contributed by atoms with E-state index in [1.807, 2.05) is 21.6 Å². The maximum Gasteiger partial charge on any atom is 0.227 e. The molecule has 2 heterocycles. The van der Waals surface area contributed by atoms with Gasteiger partial charge in [0.25, 0.3) is 0 Å². The maximum atomic E-state index is 12.8. The quantitative estimate of drug-likeness (QED) is 0.830. The predicted octanol–water partition coefficient (Wildman–Crippen LogP) is 3.09. The van der Waals surface area contributed by atoms with Crippen molar-refractivity contribution in [3.05, 3.63) is 29.8 Å². The summed E-state index contributed by atoms with van der Waals surface area (Å²) >= 11 is 1.93. The second-order valence-corrected chi connectivity index (χ2v) is 9.01. The third-order valence-electron chi connectivity index (χ3n) is 5.57. The number of amides is 2. The minimum Gasteiger partial charge on any atom is -0.342 e. The van der Waals surface area contributed by atoms with E-state index in [1.54, 1.807) is 0 Å². The van der Waals surface area contributed by atoms with Gasteiger partial charge in [-0.2, -0.15) is 0 Å². The van der Waals surface area contributed by atoms with Crippen molar-refractivity contribution < 1.29 is 9.59 Å². The van der Waals surface area contributed by atoms with Gasteiger partial charge in [-0.15, -0.1) is 11.8 Å². The van der Waals surface area contributed by atoms with E-state index in [0.29, 0.717) is 24.3 Å². The number of benzene rings is 1. The Labute approximate surface area is 153 Å². The van der Waals surface area contributed by atoms with Crippen molar-refractivity contribution in [2.75, 3.05) is 19.6 Å². The molecule has 1 aromatic carbocycles. The molecule has 4 nitrogen and oxygen atoms in total. The third kappa shape index (κ3) is 3.86. The fraction of sp³-hybridized carbons (Fsp3) is 0.600. The summed E-state index contributed by atoms with van der Waals surface area (Å²) in [7, 11) is 0. The molecular weight excluding hydrogens is 332 g/mol. The van der Waals surface area contributed by atoms with Crippen LogP contribution in [0.3, 0.4) is 0 Å². The molecule has 1 aliphatic carbocycles. The van der Waals surface area contributed by atoms with E-state index in [2.05, 4.69) is 31.2 Å². The van der Waals surface area contributed by atoms with E-state index in [0.717, 1.165) is 38.8 Å². The van der Waals surface area contributed by atoms with Gasteiger partial charge < -0.3 is 9.80 Å².